The van der Waals surface area contributed by atoms with Gasteiger partial charge in [0.05, 0.1) is 27.6 Å². The number of aromatic carboxylic acids is 1. The van der Waals surface area contributed by atoms with Gasteiger partial charge in [0.15, 0.2) is 0 Å². The Hall–Kier alpha value is -1.98. The fourth-order valence-corrected chi connectivity index (χ4v) is 1.97. The molecule has 0 aliphatic heterocycles. The Bertz CT molecular complexity index is 627. The summed E-state index contributed by atoms with van der Waals surface area (Å²) in [6, 6.07) is 6.26. The third kappa shape index (κ3) is 2.89. The van der Waals surface area contributed by atoms with Gasteiger partial charge in [0, 0.05) is 0 Å². The molecule has 0 atom stereocenters. The zero-order chi connectivity index (χ0) is 14.0. The van der Waals surface area contributed by atoms with E-state index in [-0.39, 0.29) is 17.1 Å². The number of benzene rings is 1. The van der Waals surface area contributed by atoms with Gasteiger partial charge in [0.25, 0.3) is 0 Å². The Morgan fingerprint density at radius 3 is 2.53 bits per heavy atom. The van der Waals surface area contributed by atoms with E-state index in [0.29, 0.717) is 15.7 Å². The minimum absolute atomic E-state index is 0.0593. The summed E-state index contributed by atoms with van der Waals surface area (Å²) < 4.78 is 0. The van der Waals surface area contributed by atoms with Crippen LogP contribution in [0.3, 0.4) is 0 Å². The molecule has 0 radical (unpaired) electrons. The summed E-state index contributed by atoms with van der Waals surface area (Å²) in [5.74, 6) is -1.03. The molecule has 0 bridgehead atoms. The van der Waals surface area contributed by atoms with Gasteiger partial charge < -0.3 is 16.2 Å². The van der Waals surface area contributed by atoms with Crippen LogP contribution in [0.2, 0.25) is 10.0 Å². The Morgan fingerprint density at radius 2 is 1.95 bits per heavy atom. The number of hydrogen-bond donors (Lipinski definition) is 3. The van der Waals surface area contributed by atoms with Gasteiger partial charge in [-0.2, -0.15) is 0 Å². The first-order chi connectivity index (χ1) is 8.99. The molecule has 1 aromatic carbocycles. The number of pyridine rings is 1. The van der Waals surface area contributed by atoms with Crippen molar-refractivity contribution >= 4 is 46.4 Å². The maximum atomic E-state index is 11.1. The van der Waals surface area contributed by atoms with E-state index < -0.39 is 5.97 Å². The number of carboxylic acid groups (broad SMARTS) is 1. The van der Waals surface area contributed by atoms with E-state index in [4.69, 9.17) is 34.0 Å². The quantitative estimate of drug-likeness (QED) is 0.808. The molecule has 0 saturated heterocycles. The van der Waals surface area contributed by atoms with Crippen molar-refractivity contribution in [1.82, 2.24) is 4.98 Å². The summed E-state index contributed by atoms with van der Waals surface area (Å²) in [6.07, 6.45) is 1.35. The maximum Gasteiger partial charge on any atom is 0.339 e. The predicted octanol–water partition coefficient (Wildman–Crippen LogP) is 3.41. The molecule has 0 unspecified atom stereocenters. The molecule has 1 aromatic heterocycles. The smallest absolute Gasteiger partial charge is 0.339 e. The lowest BCUT2D eigenvalue weighted by Gasteiger charge is -2.11. The van der Waals surface area contributed by atoms with Crippen molar-refractivity contribution < 1.29 is 9.90 Å². The van der Waals surface area contributed by atoms with Crippen LogP contribution in [0.5, 0.6) is 0 Å². The highest BCUT2D eigenvalue weighted by molar-refractivity contribution is 6.39. The molecule has 0 fully saturated rings. The molecular formula is C12H9Cl2N3O2. The first kappa shape index (κ1) is 13.5. The molecule has 2 aromatic rings. The van der Waals surface area contributed by atoms with Crippen LogP contribution in [0, 0.1) is 0 Å². The number of carboxylic acids is 1. The summed E-state index contributed by atoms with van der Waals surface area (Å²) >= 11 is 12.0. The summed E-state index contributed by atoms with van der Waals surface area (Å²) in [4.78, 5) is 15.1. The summed E-state index contributed by atoms with van der Waals surface area (Å²) in [5, 5.41) is 12.6. The summed E-state index contributed by atoms with van der Waals surface area (Å²) in [7, 11) is 0. The fraction of sp³-hybridized carbons (Fsp3) is 0. The van der Waals surface area contributed by atoms with Crippen molar-refractivity contribution in [1.29, 1.82) is 0 Å². The minimum Gasteiger partial charge on any atom is -0.478 e. The lowest BCUT2D eigenvalue weighted by molar-refractivity contribution is 0.0697. The molecule has 1 heterocycles. The molecule has 0 amide bonds. The van der Waals surface area contributed by atoms with Crippen LogP contribution >= 0.6 is 23.2 Å². The van der Waals surface area contributed by atoms with Crippen LogP contribution in [-0.4, -0.2) is 16.1 Å². The molecule has 0 saturated carbocycles. The van der Waals surface area contributed by atoms with Crippen LogP contribution in [0.15, 0.2) is 30.5 Å². The second-order valence-electron chi connectivity index (χ2n) is 3.69. The van der Waals surface area contributed by atoms with Crippen molar-refractivity contribution in [3.8, 4) is 0 Å². The normalized spacial score (nSPS) is 10.2. The van der Waals surface area contributed by atoms with Crippen molar-refractivity contribution in [2.75, 3.05) is 11.1 Å². The first-order valence-electron chi connectivity index (χ1n) is 5.19. The lowest BCUT2D eigenvalue weighted by Crippen LogP contribution is -2.06. The van der Waals surface area contributed by atoms with Gasteiger partial charge in [-0.15, -0.1) is 0 Å². The number of rotatable bonds is 3. The average Bonchev–Trinajstić information content (AvgIpc) is 2.35. The van der Waals surface area contributed by atoms with Crippen molar-refractivity contribution in [2.24, 2.45) is 0 Å². The zero-order valence-corrected chi connectivity index (χ0v) is 11.0. The Kier molecular flexibility index (Phi) is 3.78. The molecule has 5 nitrogen and oxygen atoms in total. The van der Waals surface area contributed by atoms with Gasteiger partial charge >= 0.3 is 5.97 Å². The largest absolute Gasteiger partial charge is 0.478 e. The van der Waals surface area contributed by atoms with Gasteiger partial charge in [0.2, 0.25) is 0 Å². The van der Waals surface area contributed by atoms with E-state index in [1.54, 1.807) is 18.2 Å². The van der Waals surface area contributed by atoms with Crippen LogP contribution in [0.1, 0.15) is 10.4 Å². The number of halogens is 2. The Morgan fingerprint density at radius 1 is 1.32 bits per heavy atom. The summed E-state index contributed by atoms with van der Waals surface area (Å²) in [5.41, 5.74) is 6.11. The Balaban J connectivity index is 2.47. The van der Waals surface area contributed by atoms with E-state index in [1.807, 2.05) is 0 Å². The van der Waals surface area contributed by atoms with E-state index in [9.17, 15) is 4.79 Å². The number of anilines is 3. The second-order valence-corrected chi connectivity index (χ2v) is 4.51. The van der Waals surface area contributed by atoms with Gasteiger partial charge in [0.1, 0.15) is 11.4 Å². The van der Waals surface area contributed by atoms with E-state index in [1.165, 1.54) is 12.3 Å². The van der Waals surface area contributed by atoms with E-state index in [2.05, 4.69) is 10.3 Å². The highest BCUT2D eigenvalue weighted by atomic mass is 35.5. The lowest BCUT2D eigenvalue weighted by atomic mass is 10.2. The molecule has 19 heavy (non-hydrogen) atoms. The SMILES string of the molecule is Nc1cnc(Nc2c(Cl)cccc2Cl)c(C(=O)O)c1. The van der Waals surface area contributed by atoms with Crippen molar-refractivity contribution in [3.05, 3.63) is 46.1 Å². The highest BCUT2D eigenvalue weighted by Gasteiger charge is 2.14. The third-order valence-corrected chi connectivity index (χ3v) is 2.98. The van der Waals surface area contributed by atoms with Crippen molar-refractivity contribution in [2.45, 2.75) is 0 Å². The monoisotopic (exact) mass is 297 g/mol. The number of carbonyl (C=O) groups is 1. The van der Waals surface area contributed by atoms with E-state index >= 15 is 0 Å². The molecule has 7 heteroatoms. The van der Waals surface area contributed by atoms with Gasteiger partial charge in [-0.3, -0.25) is 0 Å². The average molecular weight is 298 g/mol. The number of para-hydroxylation sites is 1. The maximum absolute atomic E-state index is 11.1. The van der Waals surface area contributed by atoms with Gasteiger partial charge in [-0.25, -0.2) is 9.78 Å². The topological polar surface area (TPSA) is 88.2 Å². The van der Waals surface area contributed by atoms with Gasteiger partial charge in [-0.05, 0) is 18.2 Å². The molecule has 98 valence electrons. The molecule has 0 aliphatic carbocycles. The number of nitrogens with zero attached hydrogens (tertiary/aromatic N) is 1. The molecule has 0 spiro atoms. The third-order valence-electron chi connectivity index (χ3n) is 2.35. The van der Waals surface area contributed by atoms with Crippen LogP contribution in [0.25, 0.3) is 0 Å². The number of hydrogen-bond acceptors (Lipinski definition) is 4. The number of nitrogen functional groups attached to an aromatic ring is 1. The van der Waals surface area contributed by atoms with Crippen LogP contribution in [0.4, 0.5) is 17.2 Å². The first-order valence-corrected chi connectivity index (χ1v) is 5.94. The standard InChI is InChI=1S/C12H9Cl2N3O2/c13-8-2-1-3-9(14)10(8)17-11-7(12(18)19)4-6(15)5-16-11/h1-5H,15H2,(H,16,17)(H,18,19). The number of nitrogens with two attached hydrogens (primary N) is 1. The molecule has 0 aliphatic rings. The van der Waals surface area contributed by atoms with E-state index in [0.717, 1.165) is 0 Å². The zero-order valence-electron chi connectivity index (χ0n) is 9.52. The minimum atomic E-state index is -1.15. The number of aromatic nitrogens is 1. The van der Waals surface area contributed by atoms with Crippen LogP contribution in [-0.2, 0) is 0 Å². The van der Waals surface area contributed by atoms with Crippen molar-refractivity contribution in [3.63, 3.8) is 0 Å². The summed E-state index contributed by atoms with van der Waals surface area (Å²) in [6.45, 7) is 0. The highest BCUT2D eigenvalue weighted by Crippen LogP contribution is 2.33. The molecule has 2 rings (SSSR count). The van der Waals surface area contributed by atoms with Crippen LogP contribution < -0.4 is 11.1 Å². The number of nitrogens with one attached hydrogen (secondary N) is 1. The fourth-order valence-electron chi connectivity index (χ4n) is 1.48. The Labute approximate surface area is 119 Å². The van der Waals surface area contributed by atoms with Gasteiger partial charge in [-0.1, -0.05) is 29.3 Å². The predicted molar refractivity (Wildman–Crippen MR) is 75.4 cm³/mol. The molecular weight excluding hydrogens is 289 g/mol. The second kappa shape index (κ2) is 5.34. The molecule has 4 N–H and O–H groups in total.